The molecule has 0 saturated heterocycles. The highest BCUT2D eigenvalue weighted by Crippen LogP contribution is 2.26. The Morgan fingerprint density at radius 2 is 1.85 bits per heavy atom. The van der Waals surface area contributed by atoms with Gasteiger partial charge in [-0.05, 0) is 44.0 Å². The number of thiazole rings is 1. The van der Waals surface area contributed by atoms with Gasteiger partial charge in [-0.2, -0.15) is 0 Å². The van der Waals surface area contributed by atoms with Crippen molar-refractivity contribution >= 4 is 34.8 Å². The van der Waals surface area contributed by atoms with E-state index in [4.69, 9.17) is 4.74 Å². The molecule has 0 atom stereocenters. The summed E-state index contributed by atoms with van der Waals surface area (Å²) in [6.45, 7) is 5.31. The zero-order valence-electron chi connectivity index (χ0n) is 18.8. The molecule has 0 aliphatic heterocycles. The molecule has 3 aromatic rings. The van der Waals surface area contributed by atoms with Crippen LogP contribution < -0.4 is 5.32 Å². The highest BCUT2D eigenvalue weighted by Gasteiger charge is 2.22. The van der Waals surface area contributed by atoms with E-state index in [-0.39, 0.29) is 12.5 Å². The number of hydrogen-bond acceptors (Lipinski definition) is 7. The quantitative estimate of drug-likeness (QED) is 0.481. The summed E-state index contributed by atoms with van der Waals surface area (Å²) in [7, 11) is 0. The molecule has 0 saturated carbocycles. The number of benzene rings is 1. The SMILES string of the molecule is CCCN(CC(=O)Nc1ccccc1C)C(=O)COC(=O)c1sc(-c2ccccn2)nc1C. The number of anilines is 1. The van der Waals surface area contributed by atoms with Gasteiger partial charge >= 0.3 is 5.97 Å². The van der Waals surface area contributed by atoms with E-state index in [0.717, 1.165) is 5.56 Å². The summed E-state index contributed by atoms with van der Waals surface area (Å²) in [6.07, 6.45) is 2.32. The van der Waals surface area contributed by atoms with Gasteiger partial charge < -0.3 is 15.0 Å². The van der Waals surface area contributed by atoms with Gasteiger partial charge in [0.05, 0.1) is 17.9 Å². The molecule has 0 unspecified atom stereocenters. The molecule has 0 fully saturated rings. The number of aromatic nitrogens is 2. The smallest absolute Gasteiger partial charge is 0.350 e. The Bertz CT molecular complexity index is 1130. The number of rotatable bonds is 9. The van der Waals surface area contributed by atoms with Gasteiger partial charge in [-0.25, -0.2) is 9.78 Å². The Morgan fingerprint density at radius 3 is 2.55 bits per heavy atom. The van der Waals surface area contributed by atoms with Crippen molar-refractivity contribution in [1.82, 2.24) is 14.9 Å². The van der Waals surface area contributed by atoms with Crippen molar-refractivity contribution < 1.29 is 19.1 Å². The maximum Gasteiger partial charge on any atom is 0.350 e. The summed E-state index contributed by atoms with van der Waals surface area (Å²) in [5.74, 6) is -1.37. The van der Waals surface area contributed by atoms with Crippen LogP contribution in [0.5, 0.6) is 0 Å². The first kappa shape index (κ1) is 24.1. The first-order chi connectivity index (χ1) is 15.9. The second kappa shape index (κ2) is 11.3. The molecule has 2 heterocycles. The van der Waals surface area contributed by atoms with Crippen molar-refractivity contribution in [3.63, 3.8) is 0 Å². The summed E-state index contributed by atoms with van der Waals surface area (Å²) in [6, 6.07) is 12.9. The van der Waals surface area contributed by atoms with E-state index in [9.17, 15) is 14.4 Å². The topological polar surface area (TPSA) is 101 Å². The van der Waals surface area contributed by atoms with Crippen molar-refractivity contribution in [2.24, 2.45) is 0 Å². The fourth-order valence-electron chi connectivity index (χ4n) is 3.11. The second-order valence-corrected chi connectivity index (χ2v) is 8.40. The molecular weight excluding hydrogens is 440 g/mol. The zero-order valence-corrected chi connectivity index (χ0v) is 19.6. The molecule has 9 heteroatoms. The lowest BCUT2D eigenvalue weighted by Gasteiger charge is -2.21. The van der Waals surface area contributed by atoms with Crippen LogP contribution in [0.2, 0.25) is 0 Å². The van der Waals surface area contributed by atoms with E-state index in [2.05, 4.69) is 15.3 Å². The molecular formula is C24H26N4O4S. The summed E-state index contributed by atoms with van der Waals surface area (Å²) in [4.78, 5) is 48.1. The number of ether oxygens (including phenoxy) is 1. The first-order valence-corrected chi connectivity index (χ1v) is 11.4. The van der Waals surface area contributed by atoms with E-state index < -0.39 is 18.5 Å². The number of carbonyl (C=O) groups is 3. The number of carbonyl (C=O) groups excluding carboxylic acids is 3. The summed E-state index contributed by atoms with van der Waals surface area (Å²) >= 11 is 1.17. The van der Waals surface area contributed by atoms with E-state index in [0.29, 0.717) is 39.9 Å². The molecule has 1 N–H and O–H groups in total. The van der Waals surface area contributed by atoms with Crippen molar-refractivity contribution in [2.45, 2.75) is 27.2 Å². The summed E-state index contributed by atoms with van der Waals surface area (Å²) in [5, 5.41) is 3.42. The van der Waals surface area contributed by atoms with Crippen LogP contribution >= 0.6 is 11.3 Å². The van der Waals surface area contributed by atoms with Crippen LogP contribution in [0.15, 0.2) is 48.7 Å². The molecule has 0 aliphatic carbocycles. The van der Waals surface area contributed by atoms with Crippen LogP contribution in [-0.4, -0.2) is 52.3 Å². The van der Waals surface area contributed by atoms with Gasteiger partial charge in [0.25, 0.3) is 5.91 Å². The highest BCUT2D eigenvalue weighted by molar-refractivity contribution is 7.17. The molecule has 0 bridgehead atoms. The molecule has 2 aromatic heterocycles. The molecule has 8 nitrogen and oxygen atoms in total. The lowest BCUT2D eigenvalue weighted by atomic mass is 10.2. The number of nitrogens with zero attached hydrogens (tertiary/aromatic N) is 3. The zero-order chi connectivity index (χ0) is 23.8. The maximum absolute atomic E-state index is 12.7. The molecule has 33 heavy (non-hydrogen) atoms. The Hall–Kier alpha value is -3.59. The predicted molar refractivity (Wildman–Crippen MR) is 127 cm³/mol. The van der Waals surface area contributed by atoms with Crippen LogP contribution in [0.25, 0.3) is 10.7 Å². The van der Waals surface area contributed by atoms with Gasteiger partial charge in [-0.1, -0.05) is 31.2 Å². The summed E-state index contributed by atoms with van der Waals surface area (Å²) in [5.41, 5.74) is 2.80. The van der Waals surface area contributed by atoms with Crippen molar-refractivity contribution in [2.75, 3.05) is 25.0 Å². The number of nitrogens with one attached hydrogen (secondary N) is 1. The number of amides is 2. The minimum atomic E-state index is -0.624. The van der Waals surface area contributed by atoms with Crippen LogP contribution in [0.4, 0.5) is 5.69 Å². The lowest BCUT2D eigenvalue weighted by molar-refractivity contribution is -0.137. The predicted octanol–water partition coefficient (Wildman–Crippen LogP) is 3.86. The van der Waals surface area contributed by atoms with Gasteiger partial charge in [0.2, 0.25) is 5.91 Å². The number of pyridine rings is 1. The number of para-hydroxylation sites is 1. The highest BCUT2D eigenvalue weighted by atomic mass is 32.1. The molecule has 0 aliphatic rings. The van der Waals surface area contributed by atoms with Crippen LogP contribution in [0, 0.1) is 13.8 Å². The van der Waals surface area contributed by atoms with Gasteiger partial charge in [0.1, 0.15) is 9.88 Å². The Kier molecular flexibility index (Phi) is 8.26. The average Bonchev–Trinajstić information content (AvgIpc) is 3.21. The molecule has 0 radical (unpaired) electrons. The van der Waals surface area contributed by atoms with Gasteiger partial charge in [-0.15, -0.1) is 11.3 Å². The second-order valence-electron chi connectivity index (χ2n) is 7.40. The first-order valence-electron chi connectivity index (χ1n) is 10.6. The molecule has 0 spiro atoms. The third-order valence-electron chi connectivity index (χ3n) is 4.79. The molecule has 2 amide bonds. The fourth-order valence-corrected chi connectivity index (χ4v) is 4.04. The number of hydrogen-bond donors (Lipinski definition) is 1. The standard InChI is InChI=1S/C24H26N4O4S/c1-4-13-28(14-20(29)27-18-10-6-5-9-16(18)2)21(30)15-32-24(31)22-17(3)26-23(33-22)19-11-7-8-12-25-19/h5-12H,4,13-15H2,1-3H3,(H,27,29). The van der Waals surface area contributed by atoms with Gasteiger partial charge in [0, 0.05) is 18.4 Å². The lowest BCUT2D eigenvalue weighted by Crippen LogP contribution is -2.40. The maximum atomic E-state index is 12.7. The molecule has 1 aromatic carbocycles. The van der Waals surface area contributed by atoms with Crippen molar-refractivity contribution in [3.05, 3.63) is 64.8 Å². The number of aryl methyl sites for hydroxylation is 2. The van der Waals surface area contributed by atoms with E-state index >= 15 is 0 Å². The van der Waals surface area contributed by atoms with Crippen molar-refractivity contribution in [3.8, 4) is 10.7 Å². The Balaban J connectivity index is 1.59. The largest absolute Gasteiger partial charge is 0.451 e. The fraction of sp³-hybridized carbons (Fsp3) is 0.292. The summed E-state index contributed by atoms with van der Waals surface area (Å²) < 4.78 is 5.25. The third-order valence-corrected chi connectivity index (χ3v) is 5.95. The van der Waals surface area contributed by atoms with Gasteiger partial charge in [-0.3, -0.25) is 14.6 Å². The Morgan fingerprint density at radius 1 is 1.09 bits per heavy atom. The minimum Gasteiger partial charge on any atom is -0.451 e. The van der Waals surface area contributed by atoms with Crippen LogP contribution in [0.3, 0.4) is 0 Å². The molecule has 172 valence electrons. The number of esters is 1. The van der Waals surface area contributed by atoms with Crippen LogP contribution in [-0.2, 0) is 14.3 Å². The van der Waals surface area contributed by atoms with E-state index in [1.54, 1.807) is 25.3 Å². The van der Waals surface area contributed by atoms with Crippen molar-refractivity contribution in [1.29, 1.82) is 0 Å². The minimum absolute atomic E-state index is 0.123. The van der Waals surface area contributed by atoms with E-state index in [1.165, 1.54) is 16.2 Å². The molecule has 3 rings (SSSR count). The average molecular weight is 467 g/mol. The van der Waals surface area contributed by atoms with Crippen LogP contribution in [0.1, 0.15) is 34.3 Å². The monoisotopic (exact) mass is 466 g/mol. The third kappa shape index (κ3) is 6.45. The normalized spacial score (nSPS) is 10.5. The van der Waals surface area contributed by atoms with E-state index in [1.807, 2.05) is 44.2 Å². The van der Waals surface area contributed by atoms with Gasteiger partial charge in [0.15, 0.2) is 6.61 Å². The Labute approximate surface area is 196 Å².